The van der Waals surface area contributed by atoms with Crippen LogP contribution in [0.4, 0.5) is 0 Å². The summed E-state index contributed by atoms with van der Waals surface area (Å²) in [6, 6.07) is 17.1. The number of fused-ring (bicyclic) bond motifs is 1. The van der Waals surface area contributed by atoms with Crippen LogP contribution in [0.5, 0.6) is 0 Å². The first kappa shape index (κ1) is 15.6. The van der Waals surface area contributed by atoms with Gasteiger partial charge in [-0.1, -0.05) is 48.9 Å². The van der Waals surface area contributed by atoms with Crippen molar-refractivity contribution in [1.29, 1.82) is 0 Å². The lowest BCUT2D eigenvalue weighted by Crippen LogP contribution is -2.04. The predicted octanol–water partition coefficient (Wildman–Crippen LogP) is 4.92. The van der Waals surface area contributed by atoms with Crippen LogP contribution in [0.1, 0.15) is 29.5 Å². The molecule has 0 atom stereocenters. The monoisotopic (exact) mass is 331 g/mol. The minimum absolute atomic E-state index is 0.582. The van der Waals surface area contributed by atoms with E-state index in [1.54, 1.807) is 0 Å². The molecule has 126 valence electrons. The number of hydrogen-bond acceptors (Lipinski definition) is 3. The van der Waals surface area contributed by atoms with Crippen molar-refractivity contribution in [1.82, 2.24) is 14.8 Å². The van der Waals surface area contributed by atoms with Crippen molar-refractivity contribution < 1.29 is 4.42 Å². The Morgan fingerprint density at radius 3 is 2.64 bits per heavy atom. The zero-order valence-electron chi connectivity index (χ0n) is 14.8. The van der Waals surface area contributed by atoms with Gasteiger partial charge in [0.05, 0.1) is 0 Å². The molecule has 4 rings (SSSR count). The second kappa shape index (κ2) is 6.20. The van der Waals surface area contributed by atoms with E-state index in [0.29, 0.717) is 11.8 Å². The van der Waals surface area contributed by atoms with Crippen LogP contribution in [0.25, 0.3) is 22.5 Å². The van der Waals surface area contributed by atoms with E-state index in [-0.39, 0.29) is 0 Å². The van der Waals surface area contributed by atoms with E-state index < -0.39 is 0 Å². The lowest BCUT2D eigenvalue weighted by atomic mass is 10.1. The van der Waals surface area contributed by atoms with Crippen LogP contribution < -0.4 is 0 Å². The number of aryl methyl sites for hydroxylation is 3. The van der Waals surface area contributed by atoms with Gasteiger partial charge in [0.15, 0.2) is 0 Å². The molecule has 0 spiro atoms. The maximum absolute atomic E-state index is 5.84. The first-order valence-electron chi connectivity index (χ1n) is 8.63. The van der Waals surface area contributed by atoms with Gasteiger partial charge in [-0.05, 0) is 37.1 Å². The predicted molar refractivity (Wildman–Crippen MR) is 99.6 cm³/mol. The molecule has 0 unspecified atom stereocenters. The molecule has 0 aliphatic rings. The maximum atomic E-state index is 5.84. The van der Waals surface area contributed by atoms with Gasteiger partial charge in [-0.15, -0.1) is 10.2 Å². The third-order valence-electron chi connectivity index (χ3n) is 4.63. The first-order valence-corrected chi connectivity index (χ1v) is 8.63. The van der Waals surface area contributed by atoms with Crippen LogP contribution in [-0.2, 0) is 13.0 Å². The molecule has 0 fully saturated rings. The number of benzene rings is 2. The first-order chi connectivity index (χ1) is 12.2. The average molecular weight is 331 g/mol. The molecule has 0 aliphatic carbocycles. The highest BCUT2D eigenvalue weighted by Crippen LogP contribution is 2.29. The van der Waals surface area contributed by atoms with Gasteiger partial charge in [0.25, 0.3) is 5.89 Å². The summed E-state index contributed by atoms with van der Waals surface area (Å²) in [4.78, 5) is 0. The van der Waals surface area contributed by atoms with Gasteiger partial charge in [0.2, 0.25) is 5.89 Å². The number of rotatable bonds is 4. The Morgan fingerprint density at radius 1 is 1.00 bits per heavy atom. The second-order valence-corrected chi connectivity index (χ2v) is 6.46. The van der Waals surface area contributed by atoms with E-state index in [9.17, 15) is 0 Å². The van der Waals surface area contributed by atoms with Gasteiger partial charge in [0.1, 0.15) is 5.69 Å². The lowest BCUT2D eigenvalue weighted by Gasteiger charge is -2.12. The van der Waals surface area contributed by atoms with Crippen molar-refractivity contribution in [2.45, 2.75) is 33.7 Å². The van der Waals surface area contributed by atoms with Crippen LogP contribution >= 0.6 is 0 Å². The summed E-state index contributed by atoms with van der Waals surface area (Å²) in [5, 5.41) is 9.57. The zero-order chi connectivity index (χ0) is 17.4. The molecule has 2 aromatic heterocycles. The van der Waals surface area contributed by atoms with Crippen LogP contribution in [0, 0.1) is 13.8 Å². The molecule has 2 aromatic carbocycles. The van der Waals surface area contributed by atoms with Crippen molar-refractivity contribution in [2.75, 3.05) is 0 Å². The Balaban J connectivity index is 1.88. The van der Waals surface area contributed by atoms with Gasteiger partial charge in [-0.2, -0.15) is 0 Å². The second-order valence-electron chi connectivity index (χ2n) is 6.46. The average Bonchev–Trinajstić information content (AvgIpc) is 3.23. The summed E-state index contributed by atoms with van der Waals surface area (Å²) < 4.78 is 8.11. The van der Waals surface area contributed by atoms with Crippen LogP contribution in [0.15, 0.2) is 52.9 Å². The molecular weight excluding hydrogens is 310 g/mol. The zero-order valence-corrected chi connectivity index (χ0v) is 14.8. The largest absolute Gasteiger partial charge is 0.419 e. The summed E-state index contributed by atoms with van der Waals surface area (Å²) in [6.07, 6.45) is 0.740. The Kier molecular flexibility index (Phi) is 3.88. The van der Waals surface area contributed by atoms with Crippen molar-refractivity contribution >= 4 is 10.9 Å². The molecule has 0 aliphatic heterocycles. The van der Waals surface area contributed by atoms with Gasteiger partial charge in [0, 0.05) is 23.9 Å². The number of hydrogen-bond donors (Lipinski definition) is 0. The molecule has 4 nitrogen and oxygen atoms in total. The van der Waals surface area contributed by atoms with E-state index in [4.69, 9.17) is 4.42 Å². The maximum Gasteiger partial charge on any atom is 0.264 e. The molecule has 25 heavy (non-hydrogen) atoms. The Bertz CT molecular complexity index is 1040. The molecule has 0 saturated heterocycles. The van der Waals surface area contributed by atoms with E-state index >= 15 is 0 Å². The molecule has 0 amide bonds. The standard InChI is InChI=1S/C21H21N3O/c1-4-20-22-23-21(25-20)19-12-16-7-5-6-8-18(16)24(19)13-17-11-14(2)9-10-15(17)3/h5-12H,4,13H2,1-3H3. The smallest absolute Gasteiger partial charge is 0.264 e. The van der Waals surface area contributed by atoms with Crippen LogP contribution in [0.3, 0.4) is 0 Å². The molecule has 0 bridgehead atoms. The summed E-state index contributed by atoms with van der Waals surface area (Å²) in [5.41, 5.74) is 6.00. The summed E-state index contributed by atoms with van der Waals surface area (Å²) in [5.74, 6) is 1.25. The number of para-hydroxylation sites is 1. The number of aromatic nitrogens is 3. The molecule has 4 heteroatoms. The third kappa shape index (κ3) is 2.84. The molecule has 0 saturated carbocycles. The molecular formula is C21H21N3O. The van der Waals surface area contributed by atoms with E-state index in [1.165, 1.54) is 27.6 Å². The SMILES string of the molecule is CCc1nnc(-c2cc3ccccc3n2Cc2cc(C)ccc2C)o1. The summed E-state index contributed by atoms with van der Waals surface area (Å²) >= 11 is 0. The van der Waals surface area contributed by atoms with Crippen molar-refractivity contribution in [3.05, 3.63) is 71.1 Å². The van der Waals surface area contributed by atoms with Gasteiger partial charge >= 0.3 is 0 Å². The van der Waals surface area contributed by atoms with Crippen molar-refractivity contribution in [3.63, 3.8) is 0 Å². The molecule has 0 N–H and O–H groups in total. The Labute approximate surface area is 147 Å². The summed E-state index contributed by atoms with van der Waals surface area (Å²) in [7, 11) is 0. The molecule has 4 aromatic rings. The minimum Gasteiger partial charge on any atom is -0.419 e. The lowest BCUT2D eigenvalue weighted by molar-refractivity contribution is 0.509. The van der Waals surface area contributed by atoms with E-state index in [2.05, 4.69) is 77.1 Å². The van der Waals surface area contributed by atoms with Crippen molar-refractivity contribution in [3.8, 4) is 11.6 Å². The van der Waals surface area contributed by atoms with E-state index in [0.717, 1.165) is 18.7 Å². The third-order valence-corrected chi connectivity index (χ3v) is 4.63. The molecule has 0 radical (unpaired) electrons. The quantitative estimate of drug-likeness (QED) is 0.533. The van der Waals surface area contributed by atoms with Crippen molar-refractivity contribution in [2.24, 2.45) is 0 Å². The van der Waals surface area contributed by atoms with E-state index in [1.807, 2.05) is 6.92 Å². The van der Waals surface area contributed by atoms with Gasteiger partial charge in [-0.3, -0.25) is 0 Å². The highest BCUT2D eigenvalue weighted by Gasteiger charge is 2.16. The Hall–Kier alpha value is -2.88. The van der Waals surface area contributed by atoms with Crippen LogP contribution in [0.2, 0.25) is 0 Å². The highest BCUT2D eigenvalue weighted by atomic mass is 16.4. The van der Waals surface area contributed by atoms with Gasteiger partial charge < -0.3 is 8.98 Å². The summed E-state index contributed by atoms with van der Waals surface area (Å²) in [6.45, 7) is 7.08. The van der Waals surface area contributed by atoms with Gasteiger partial charge in [-0.25, -0.2) is 0 Å². The highest BCUT2D eigenvalue weighted by molar-refractivity contribution is 5.85. The Morgan fingerprint density at radius 2 is 1.84 bits per heavy atom. The fourth-order valence-corrected chi connectivity index (χ4v) is 3.20. The van der Waals surface area contributed by atoms with Crippen LogP contribution in [-0.4, -0.2) is 14.8 Å². The topological polar surface area (TPSA) is 43.9 Å². The fraction of sp³-hybridized carbons (Fsp3) is 0.238. The minimum atomic E-state index is 0.582. The fourth-order valence-electron chi connectivity index (χ4n) is 3.20. The normalized spacial score (nSPS) is 11.3. The molecule has 2 heterocycles. The number of nitrogens with zero attached hydrogens (tertiary/aromatic N) is 3.